The molecular formula is C45H35BO2. The third kappa shape index (κ3) is 3.45. The van der Waals surface area contributed by atoms with Crippen LogP contribution >= 0.6 is 0 Å². The highest BCUT2D eigenvalue weighted by molar-refractivity contribution is 6.69. The highest BCUT2D eigenvalue weighted by Crippen LogP contribution is 2.63. The van der Waals surface area contributed by atoms with Gasteiger partial charge in [0.05, 0.1) is 16.6 Å². The first-order chi connectivity index (χ1) is 23.3. The van der Waals surface area contributed by atoms with Gasteiger partial charge in [-0.1, -0.05) is 133 Å². The lowest BCUT2D eigenvalue weighted by Gasteiger charge is -2.32. The number of hydrogen-bond acceptors (Lipinski definition) is 2. The van der Waals surface area contributed by atoms with E-state index in [4.69, 9.17) is 9.31 Å². The zero-order chi connectivity index (χ0) is 32.4. The van der Waals surface area contributed by atoms with E-state index in [0.717, 1.165) is 5.46 Å². The molecule has 3 aliphatic rings. The van der Waals surface area contributed by atoms with Crippen LogP contribution in [0.3, 0.4) is 0 Å². The van der Waals surface area contributed by atoms with Crippen LogP contribution < -0.4 is 5.46 Å². The van der Waals surface area contributed by atoms with Crippen LogP contribution in [0.5, 0.6) is 0 Å². The molecule has 48 heavy (non-hydrogen) atoms. The van der Waals surface area contributed by atoms with Crippen molar-refractivity contribution in [1.82, 2.24) is 0 Å². The van der Waals surface area contributed by atoms with Crippen LogP contribution in [0.2, 0.25) is 0 Å². The molecule has 0 saturated carbocycles. The lowest BCUT2D eigenvalue weighted by atomic mass is 9.69. The van der Waals surface area contributed by atoms with Crippen LogP contribution in [0.1, 0.15) is 49.9 Å². The van der Waals surface area contributed by atoms with Crippen molar-refractivity contribution in [1.29, 1.82) is 0 Å². The van der Waals surface area contributed by atoms with Gasteiger partial charge in [0.25, 0.3) is 0 Å². The molecule has 1 aliphatic heterocycles. The Hall–Kier alpha value is -4.96. The van der Waals surface area contributed by atoms with Gasteiger partial charge < -0.3 is 9.31 Å². The van der Waals surface area contributed by atoms with Crippen molar-refractivity contribution in [3.8, 4) is 33.4 Å². The fraction of sp³-hybridized carbons (Fsp3) is 0.156. The minimum atomic E-state index is -0.469. The summed E-state index contributed by atoms with van der Waals surface area (Å²) in [5, 5.41) is 4.75. The van der Waals surface area contributed by atoms with E-state index in [0.29, 0.717) is 0 Å². The maximum Gasteiger partial charge on any atom is 0.496 e. The molecule has 0 amide bonds. The summed E-state index contributed by atoms with van der Waals surface area (Å²) in [7, 11) is -0.469. The second-order valence-electron chi connectivity index (χ2n) is 14.6. The van der Waals surface area contributed by atoms with E-state index < -0.39 is 18.3 Å². The molecule has 0 radical (unpaired) electrons. The maximum absolute atomic E-state index is 6.72. The van der Waals surface area contributed by atoms with E-state index >= 15 is 0 Å². The van der Waals surface area contributed by atoms with Gasteiger partial charge in [0.1, 0.15) is 0 Å². The molecule has 10 rings (SSSR count). The number of fused-ring (bicyclic) bond motifs is 12. The molecule has 1 saturated heterocycles. The Morgan fingerprint density at radius 2 is 0.812 bits per heavy atom. The SMILES string of the molecule is CC1(C)OB(c2c3ccccc3c(-c3ccc4c(c3)C3(c5ccccc5-c5ccccc53)c3ccccc3-4)c3ccccc23)OC1(C)C. The first-order valence-corrected chi connectivity index (χ1v) is 17.0. The molecule has 0 unspecified atom stereocenters. The fourth-order valence-electron chi connectivity index (χ4n) is 8.94. The van der Waals surface area contributed by atoms with Crippen LogP contribution in [-0.2, 0) is 14.7 Å². The molecule has 0 atom stereocenters. The summed E-state index contributed by atoms with van der Waals surface area (Å²) in [5.41, 5.74) is 13.0. The van der Waals surface area contributed by atoms with Gasteiger partial charge >= 0.3 is 7.12 Å². The molecule has 230 valence electrons. The Morgan fingerprint density at radius 3 is 1.29 bits per heavy atom. The molecule has 0 N–H and O–H groups in total. The average Bonchev–Trinajstić information content (AvgIpc) is 3.65. The first kappa shape index (κ1) is 28.1. The molecular weight excluding hydrogens is 583 g/mol. The van der Waals surface area contributed by atoms with Crippen LogP contribution in [-0.4, -0.2) is 18.3 Å². The average molecular weight is 619 g/mol. The quantitative estimate of drug-likeness (QED) is 0.142. The van der Waals surface area contributed by atoms with Crippen molar-refractivity contribution in [3.63, 3.8) is 0 Å². The Kier molecular flexibility index (Phi) is 5.60. The number of benzene rings is 7. The van der Waals surface area contributed by atoms with E-state index in [1.54, 1.807) is 0 Å². The lowest BCUT2D eigenvalue weighted by molar-refractivity contribution is 0.00578. The number of hydrogen-bond donors (Lipinski definition) is 0. The Bertz CT molecular complexity index is 2350. The highest BCUT2D eigenvalue weighted by Gasteiger charge is 2.53. The summed E-state index contributed by atoms with van der Waals surface area (Å²) in [4.78, 5) is 0. The Morgan fingerprint density at radius 1 is 0.417 bits per heavy atom. The van der Waals surface area contributed by atoms with Gasteiger partial charge in [-0.15, -0.1) is 0 Å². The van der Waals surface area contributed by atoms with Crippen LogP contribution in [0.15, 0.2) is 140 Å². The third-order valence-electron chi connectivity index (χ3n) is 11.7. The predicted molar refractivity (Wildman–Crippen MR) is 199 cm³/mol. The highest BCUT2D eigenvalue weighted by atomic mass is 16.7. The smallest absolute Gasteiger partial charge is 0.399 e. The summed E-state index contributed by atoms with van der Waals surface area (Å²) in [6, 6.07) is 51.8. The molecule has 1 fully saturated rings. The molecule has 7 aromatic rings. The van der Waals surface area contributed by atoms with E-state index in [-0.39, 0.29) is 5.41 Å². The third-order valence-corrected chi connectivity index (χ3v) is 11.7. The largest absolute Gasteiger partial charge is 0.496 e. The summed E-state index contributed by atoms with van der Waals surface area (Å²) in [5.74, 6) is 0. The second kappa shape index (κ2) is 9.57. The lowest BCUT2D eigenvalue weighted by Crippen LogP contribution is -2.41. The van der Waals surface area contributed by atoms with Crippen molar-refractivity contribution < 1.29 is 9.31 Å². The van der Waals surface area contributed by atoms with Crippen LogP contribution in [0.4, 0.5) is 0 Å². The topological polar surface area (TPSA) is 18.5 Å². The van der Waals surface area contributed by atoms with Crippen molar-refractivity contribution in [2.45, 2.75) is 44.3 Å². The van der Waals surface area contributed by atoms with E-state index in [1.807, 2.05) is 0 Å². The molecule has 7 aromatic carbocycles. The van der Waals surface area contributed by atoms with Gasteiger partial charge in [-0.25, -0.2) is 0 Å². The Labute approximate surface area is 282 Å². The summed E-state index contributed by atoms with van der Waals surface area (Å²) in [6.45, 7) is 8.51. The van der Waals surface area contributed by atoms with Gasteiger partial charge in [0.2, 0.25) is 0 Å². The van der Waals surface area contributed by atoms with Crippen molar-refractivity contribution >= 4 is 34.1 Å². The van der Waals surface area contributed by atoms with Gasteiger partial charge in [0.15, 0.2) is 0 Å². The first-order valence-electron chi connectivity index (χ1n) is 17.0. The molecule has 2 nitrogen and oxygen atoms in total. The Balaban J connectivity index is 1.28. The summed E-state index contributed by atoms with van der Waals surface area (Å²) < 4.78 is 13.4. The van der Waals surface area contributed by atoms with Gasteiger partial charge in [-0.2, -0.15) is 0 Å². The van der Waals surface area contributed by atoms with Crippen molar-refractivity contribution in [2.24, 2.45) is 0 Å². The summed E-state index contributed by atoms with van der Waals surface area (Å²) >= 11 is 0. The molecule has 2 aliphatic carbocycles. The minimum absolute atomic E-state index is 0.386. The predicted octanol–water partition coefficient (Wildman–Crippen LogP) is 10.3. The molecule has 1 heterocycles. The molecule has 0 aromatic heterocycles. The second-order valence-corrected chi connectivity index (χ2v) is 14.6. The standard InChI is InChI=1S/C45H35BO2/c1-43(2)44(3,4)48-46(47-43)42-35-20-7-5-18-33(35)41(34-19-6-8-21-36(34)42)28-25-26-32-31-17-11-14-24-39(31)45(40(32)27-28)37-22-12-9-15-29(37)30-16-10-13-23-38(30)45/h5-27H,1-4H3. The minimum Gasteiger partial charge on any atom is -0.399 e. The van der Waals surface area contributed by atoms with Crippen LogP contribution in [0.25, 0.3) is 54.9 Å². The van der Waals surface area contributed by atoms with E-state index in [2.05, 4.69) is 167 Å². The van der Waals surface area contributed by atoms with Crippen molar-refractivity contribution in [3.05, 3.63) is 162 Å². The zero-order valence-corrected chi connectivity index (χ0v) is 27.7. The number of rotatable bonds is 2. The maximum atomic E-state index is 6.72. The van der Waals surface area contributed by atoms with Gasteiger partial charge in [-0.3, -0.25) is 0 Å². The monoisotopic (exact) mass is 618 g/mol. The van der Waals surface area contributed by atoms with E-state index in [9.17, 15) is 0 Å². The fourth-order valence-corrected chi connectivity index (χ4v) is 8.94. The molecule has 3 heteroatoms. The van der Waals surface area contributed by atoms with Crippen molar-refractivity contribution in [2.75, 3.05) is 0 Å². The normalized spacial score (nSPS) is 17.5. The van der Waals surface area contributed by atoms with Gasteiger partial charge in [-0.05, 0) is 116 Å². The zero-order valence-electron chi connectivity index (χ0n) is 27.7. The molecule has 0 bridgehead atoms. The van der Waals surface area contributed by atoms with Gasteiger partial charge in [0, 0.05) is 0 Å². The summed E-state index contributed by atoms with van der Waals surface area (Å²) in [6.07, 6.45) is 0. The molecule has 1 spiro atoms. The van der Waals surface area contributed by atoms with E-state index in [1.165, 1.54) is 77.2 Å². The van der Waals surface area contributed by atoms with Crippen LogP contribution in [0, 0.1) is 0 Å².